The van der Waals surface area contributed by atoms with Crippen LogP contribution in [0.15, 0.2) is 85.5 Å². The van der Waals surface area contributed by atoms with Crippen LogP contribution >= 0.6 is 0 Å². The van der Waals surface area contributed by atoms with E-state index in [1.807, 2.05) is 53.4 Å². The van der Waals surface area contributed by atoms with Gasteiger partial charge < -0.3 is 4.74 Å². The fourth-order valence-corrected chi connectivity index (χ4v) is 4.35. The summed E-state index contributed by atoms with van der Waals surface area (Å²) in [6, 6.07) is 24.2. The number of terminal acetylenes is 1. The van der Waals surface area contributed by atoms with Crippen LogP contribution in [0.3, 0.4) is 0 Å². The molecule has 0 aliphatic heterocycles. The number of carbonyl (C=O) groups excluding carboxylic acids is 1. The number of hydrogen-bond acceptors (Lipinski definition) is 2. The Morgan fingerprint density at radius 3 is 2.55 bits per heavy atom. The Balaban J connectivity index is 1.90. The molecule has 3 nitrogen and oxygen atoms in total. The lowest BCUT2D eigenvalue weighted by Crippen LogP contribution is -2.42. The molecule has 0 radical (unpaired) electrons. The monoisotopic (exact) mass is 439 g/mol. The van der Waals surface area contributed by atoms with E-state index in [0.717, 1.165) is 47.6 Å². The van der Waals surface area contributed by atoms with E-state index in [1.54, 1.807) is 0 Å². The minimum absolute atomic E-state index is 0.0162. The fourth-order valence-electron chi connectivity index (χ4n) is 4.35. The first-order valence-electron chi connectivity index (χ1n) is 11.7. The first-order chi connectivity index (χ1) is 16.2. The molecule has 0 N–H and O–H groups in total. The molecule has 1 amide bonds. The van der Waals surface area contributed by atoms with Crippen molar-refractivity contribution in [3.05, 3.63) is 96.6 Å². The van der Waals surface area contributed by atoms with Gasteiger partial charge in [-0.15, -0.1) is 18.9 Å². The number of amides is 1. The van der Waals surface area contributed by atoms with Gasteiger partial charge in [-0.2, -0.15) is 0 Å². The van der Waals surface area contributed by atoms with Gasteiger partial charge in [-0.05, 0) is 48.1 Å². The van der Waals surface area contributed by atoms with E-state index >= 15 is 0 Å². The second kappa shape index (κ2) is 12.5. The smallest absolute Gasteiger partial charge is 0.410 e. The number of nitrogens with zero attached hydrogens (tertiary/aromatic N) is 1. The lowest BCUT2D eigenvalue weighted by molar-refractivity contribution is 0.0616. The largest absolute Gasteiger partial charge is 0.445 e. The third-order valence-corrected chi connectivity index (χ3v) is 6.05. The molecule has 0 heterocycles. The summed E-state index contributed by atoms with van der Waals surface area (Å²) in [5.74, 6) is 2.71. The Morgan fingerprint density at radius 2 is 1.79 bits per heavy atom. The molecular weight excluding hydrogens is 406 g/mol. The van der Waals surface area contributed by atoms with Crippen molar-refractivity contribution in [2.45, 2.75) is 57.7 Å². The summed E-state index contributed by atoms with van der Waals surface area (Å²) < 4.78 is 5.82. The zero-order valence-corrected chi connectivity index (χ0v) is 19.5. The topological polar surface area (TPSA) is 29.5 Å². The van der Waals surface area contributed by atoms with Gasteiger partial charge >= 0.3 is 6.09 Å². The van der Waals surface area contributed by atoms with Crippen molar-refractivity contribution >= 4 is 16.9 Å². The van der Waals surface area contributed by atoms with E-state index in [9.17, 15) is 4.79 Å². The molecule has 33 heavy (non-hydrogen) atoms. The van der Waals surface area contributed by atoms with E-state index in [1.165, 1.54) is 0 Å². The molecule has 0 bridgehead atoms. The molecule has 0 fully saturated rings. The normalized spacial score (nSPS) is 12.5. The highest BCUT2D eigenvalue weighted by atomic mass is 16.6. The van der Waals surface area contributed by atoms with Crippen LogP contribution in [0.25, 0.3) is 10.8 Å². The third kappa shape index (κ3) is 6.49. The summed E-state index contributed by atoms with van der Waals surface area (Å²) in [7, 11) is 0. The average molecular weight is 440 g/mol. The third-order valence-electron chi connectivity index (χ3n) is 6.05. The molecule has 0 saturated carbocycles. The number of rotatable bonds is 11. The van der Waals surface area contributed by atoms with Crippen molar-refractivity contribution in [1.29, 1.82) is 0 Å². The van der Waals surface area contributed by atoms with Gasteiger partial charge in [0.1, 0.15) is 6.61 Å². The van der Waals surface area contributed by atoms with Crippen LogP contribution in [0.5, 0.6) is 0 Å². The van der Waals surface area contributed by atoms with Crippen molar-refractivity contribution in [2.75, 3.05) is 0 Å². The van der Waals surface area contributed by atoms with Crippen LogP contribution in [0.4, 0.5) is 4.79 Å². The number of ether oxygens (including phenoxy) is 1. The van der Waals surface area contributed by atoms with Gasteiger partial charge in [0.2, 0.25) is 0 Å². The Bertz CT molecular complexity index is 1080. The summed E-state index contributed by atoms with van der Waals surface area (Å²) in [6.45, 7) is 6.28. The fraction of sp³-hybridized carbons (Fsp3) is 0.300. The Morgan fingerprint density at radius 1 is 1.06 bits per heavy atom. The van der Waals surface area contributed by atoms with E-state index in [-0.39, 0.29) is 24.8 Å². The second-order valence-corrected chi connectivity index (χ2v) is 8.32. The van der Waals surface area contributed by atoms with Crippen LogP contribution in [0.1, 0.15) is 56.2 Å². The van der Waals surface area contributed by atoms with Gasteiger partial charge in [-0.25, -0.2) is 4.79 Å². The van der Waals surface area contributed by atoms with Crippen LogP contribution < -0.4 is 0 Å². The molecular formula is C30H33NO2. The quantitative estimate of drug-likeness (QED) is 0.174. The highest BCUT2D eigenvalue weighted by molar-refractivity contribution is 5.86. The minimum atomic E-state index is -0.303. The summed E-state index contributed by atoms with van der Waals surface area (Å²) >= 11 is 0. The van der Waals surface area contributed by atoms with Gasteiger partial charge in [0.25, 0.3) is 0 Å². The maximum atomic E-state index is 13.5. The molecule has 3 aromatic carbocycles. The number of carbonyl (C=O) groups is 1. The first kappa shape index (κ1) is 24.1. The first-order valence-corrected chi connectivity index (χ1v) is 11.7. The highest BCUT2D eigenvalue weighted by Gasteiger charge is 2.30. The minimum Gasteiger partial charge on any atom is -0.445 e. The molecule has 0 spiro atoms. The van der Waals surface area contributed by atoms with Crippen LogP contribution in [0.2, 0.25) is 0 Å². The summed E-state index contributed by atoms with van der Waals surface area (Å²) in [5, 5.41) is 2.31. The summed E-state index contributed by atoms with van der Waals surface area (Å²) in [5.41, 5.74) is 2.08. The van der Waals surface area contributed by atoms with Crippen LogP contribution in [-0.4, -0.2) is 17.0 Å². The highest BCUT2D eigenvalue weighted by Crippen LogP contribution is 2.32. The summed E-state index contributed by atoms with van der Waals surface area (Å²) in [6.07, 6.45) is 11.2. The second-order valence-electron chi connectivity index (χ2n) is 8.32. The molecule has 3 aromatic rings. The van der Waals surface area contributed by atoms with Crippen molar-refractivity contribution in [3.8, 4) is 12.3 Å². The summed E-state index contributed by atoms with van der Waals surface area (Å²) in [4.78, 5) is 15.4. The average Bonchev–Trinajstić information content (AvgIpc) is 2.85. The predicted octanol–water partition coefficient (Wildman–Crippen LogP) is 7.68. The lowest BCUT2D eigenvalue weighted by atomic mass is 9.96. The van der Waals surface area contributed by atoms with Crippen LogP contribution in [-0.2, 0) is 11.3 Å². The molecule has 0 saturated heterocycles. The van der Waals surface area contributed by atoms with Gasteiger partial charge in [-0.1, -0.05) is 85.3 Å². The van der Waals surface area contributed by atoms with Gasteiger partial charge in [0, 0.05) is 12.5 Å². The SMILES string of the molecule is C#CCCCC[C@@H](CC=C)N(C(=O)OCc1ccccc1)[C@@H](C)c1cccc2ccccc12. The number of hydrogen-bond donors (Lipinski definition) is 0. The van der Waals surface area contributed by atoms with Crippen molar-refractivity contribution in [1.82, 2.24) is 4.90 Å². The van der Waals surface area contributed by atoms with E-state index in [2.05, 4.69) is 49.8 Å². The maximum Gasteiger partial charge on any atom is 0.410 e. The van der Waals surface area contributed by atoms with Gasteiger partial charge in [-0.3, -0.25) is 4.90 Å². The molecule has 2 atom stereocenters. The van der Waals surface area contributed by atoms with E-state index in [4.69, 9.17) is 11.2 Å². The van der Waals surface area contributed by atoms with E-state index in [0.29, 0.717) is 6.42 Å². The number of benzene rings is 3. The van der Waals surface area contributed by atoms with Crippen molar-refractivity contribution < 1.29 is 9.53 Å². The Hall–Kier alpha value is -3.51. The number of fused-ring (bicyclic) bond motifs is 1. The molecule has 3 heteroatoms. The zero-order chi connectivity index (χ0) is 23.5. The molecule has 0 aliphatic rings. The molecule has 170 valence electrons. The maximum absolute atomic E-state index is 13.5. The molecule has 3 rings (SSSR count). The van der Waals surface area contributed by atoms with Gasteiger partial charge in [0.05, 0.1) is 6.04 Å². The molecule has 0 aromatic heterocycles. The Labute approximate surface area is 198 Å². The van der Waals surface area contributed by atoms with Crippen molar-refractivity contribution in [3.63, 3.8) is 0 Å². The molecule has 0 unspecified atom stereocenters. The van der Waals surface area contributed by atoms with Crippen LogP contribution in [0, 0.1) is 12.3 Å². The molecule has 0 aliphatic carbocycles. The number of unbranched alkanes of at least 4 members (excludes halogenated alkanes) is 2. The zero-order valence-electron chi connectivity index (χ0n) is 19.5. The lowest BCUT2D eigenvalue weighted by Gasteiger charge is -2.36. The standard InChI is InChI=1S/C30H33NO2/c1-4-6-7-11-20-27(15-5-2)31(30(32)33-23-25-16-9-8-10-17-25)24(3)28-22-14-19-26-18-12-13-21-29(26)28/h1,5,8-10,12-14,16-19,21-22,24,27H,2,6-7,11,15,20,23H2,3H3/t24-,27+/m0/s1. The van der Waals surface area contributed by atoms with Gasteiger partial charge in [0.15, 0.2) is 0 Å². The van der Waals surface area contributed by atoms with Crippen molar-refractivity contribution in [2.24, 2.45) is 0 Å². The van der Waals surface area contributed by atoms with E-state index < -0.39 is 0 Å². The Kier molecular flexibility index (Phi) is 9.15. The predicted molar refractivity (Wildman–Crippen MR) is 137 cm³/mol.